The largest absolute Gasteiger partial charge is 0.468 e. The van der Waals surface area contributed by atoms with E-state index in [4.69, 9.17) is 27.9 Å². The summed E-state index contributed by atoms with van der Waals surface area (Å²) in [7, 11) is 3.13. The minimum Gasteiger partial charge on any atom is -0.468 e. The summed E-state index contributed by atoms with van der Waals surface area (Å²) in [6.07, 6.45) is 0.629. The van der Waals surface area contributed by atoms with Crippen LogP contribution in [-0.2, 0) is 9.53 Å². The Kier molecular flexibility index (Phi) is 6.47. The van der Waals surface area contributed by atoms with E-state index in [9.17, 15) is 4.79 Å². The van der Waals surface area contributed by atoms with Crippen LogP contribution >= 0.6 is 35.0 Å². The fraction of sp³-hybridized carbons (Fsp3) is 0.462. The zero-order valence-corrected chi connectivity index (χ0v) is 13.5. The van der Waals surface area contributed by atoms with Gasteiger partial charge in [-0.3, -0.25) is 4.79 Å². The molecule has 1 aromatic carbocycles. The SMILES string of the molecule is CNC(C)(CCSc1cc(Cl)ccc1Cl)C(=O)OC. The first-order chi connectivity index (χ1) is 8.92. The highest BCUT2D eigenvalue weighted by Crippen LogP contribution is 2.31. The van der Waals surface area contributed by atoms with E-state index >= 15 is 0 Å². The van der Waals surface area contributed by atoms with Gasteiger partial charge < -0.3 is 10.1 Å². The average Bonchev–Trinajstić information content (AvgIpc) is 2.41. The summed E-state index contributed by atoms with van der Waals surface area (Å²) in [6.45, 7) is 1.82. The molecule has 0 bridgehead atoms. The maximum Gasteiger partial charge on any atom is 0.325 e. The molecule has 3 nitrogen and oxygen atoms in total. The first-order valence-corrected chi connectivity index (χ1v) is 7.52. The van der Waals surface area contributed by atoms with Crippen LogP contribution in [0.1, 0.15) is 13.3 Å². The van der Waals surface area contributed by atoms with Crippen LogP contribution in [0.25, 0.3) is 0 Å². The molecule has 0 saturated heterocycles. The Morgan fingerprint density at radius 1 is 1.47 bits per heavy atom. The van der Waals surface area contributed by atoms with Crippen LogP contribution in [0.15, 0.2) is 23.1 Å². The van der Waals surface area contributed by atoms with E-state index in [1.165, 1.54) is 7.11 Å². The van der Waals surface area contributed by atoms with Crippen LogP contribution in [0.4, 0.5) is 0 Å². The molecule has 1 atom stereocenters. The number of rotatable bonds is 6. The highest BCUT2D eigenvalue weighted by molar-refractivity contribution is 7.99. The second-order valence-electron chi connectivity index (χ2n) is 4.25. The summed E-state index contributed by atoms with van der Waals surface area (Å²) in [5.74, 6) is 0.458. The molecule has 0 amide bonds. The summed E-state index contributed by atoms with van der Waals surface area (Å²) < 4.78 is 4.79. The maximum absolute atomic E-state index is 11.7. The predicted octanol–water partition coefficient (Wildman–Crippen LogP) is 3.63. The van der Waals surface area contributed by atoms with Gasteiger partial charge in [0.2, 0.25) is 0 Å². The van der Waals surface area contributed by atoms with Crippen LogP contribution in [0.3, 0.4) is 0 Å². The molecule has 1 aromatic rings. The number of ether oxygens (including phenoxy) is 1. The van der Waals surface area contributed by atoms with Crippen molar-refractivity contribution in [2.24, 2.45) is 0 Å². The smallest absolute Gasteiger partial charge is 0.325 e. The van der Waals surface area contributed by atoms with Crippen molar-refractivity contribution in [2.75, 3.05) is 19.9 Å². The number of carbonyl (C=O) groups is 1. The normalized spacial score (nSPS) is 13.9. The monoisotopic (exact) mass is 321 g/mol. The van der Waals surface area contributed by atoms with Crippen molar-refractivity contribution < 1.29 is 9.53 Å². The maximum atomic E-state index is 11.7. The summed E-state index contributed by atoms with van der Waals surface area (Å²) >= 11 is 13.6. The molecule has 0 heterocycles. The predicted molar refractivity (Wildman–Crippen MR) is 81.3 cm³/mol. The van der Waals surface area contributed by atoms with Gasteiger partial charge >= 0.3 is 5.97 Å². The molecule has 0 fully saturated rings. The third kappa shape index (κ3) is 4.56. The van der Waals surface area contributed by atoms with Crippen LogP contribution in [0, 0.1) is 0 Å². The fourth-order valence-electron chi connectivity index (χ4n) is 1.51. The number of esters is 1. The van der Waals surface area contributed by atoms with Gasteiger partial charge in [-0.15, -0.1) is 11.8 Å². The number of thioether (sulfide) groups is 1. The zero-order valence-electron chi connectivity index (χ0n) is 11.1. The second-order valence-corrected chi connectivity index (χ2v) is 6.23. The third-order valence-corrected chi connectivity index (χ3v) is 4.67. The van der Waals surface area contributed by atoms with E-state index in [0.717, 1.165) is 10.6 Å². The van der Waals surface area contributed by atoms with Gasteiger partial charge in [-0.25, -0.2) is 0 Å². The van der Waals surface area contributed by atoms with Gasteiger partial charge in [-0.2, -0.15) is 0 Å². The molecule has 1 unspecified atom stereocenters. The first kappa shape index (κ1) is 16.6. The van der Waals surface area contributed by atoms with Gasteiger partial charge in [0.15, 0.2) is 0 Å². The Labute approximate surface area is 128 Å². The summed E-state index contributed by atoms with van der Waals surface area (Å²) in [4.78, 5) is 12.6. The standard InChI is InChI=1S/C13H17Cl2NO2S/c1-13(16-2,12(17)18-3)6-7-19-11-8-9(14)4-5-10(11)15/h4-5,8,16H,6-7H2,1-3H3. The molecule has 1 rings (SSSR count). The Bertz CT molecular complexity index is 456. The fourth-order valence-corrected chi connectivity index (χ4v) is 3.17. The van der Waals surface area contributed by atoms with Gasteiger partial charge in [0.05, 0.1) is 12.1 Å². The number of hydrogen-bond donors (Lipinski definition) is 1. The molecular formula is C13H17Cl2NO2S. The minimum absolute atomic E-state index is 0.271. The molecule has 19 heavy (non-hydrogen) atoms. The van der Waals surface area contributed by atoms with Gasteiger partial charge in [-0.1, -0.05) is 23.2 Å². The number of halogens is 2. The lowest BCUT2D eigenvalue weighted by Crippen LogP contribution is -2.48. The van der Waals surface area contributed by atoms with E-state index in [1.807, 2.05) is 13.0 Å². The molecule has 0 aromatic heterocycles. The zero-order chi connectivity index (χ0) is 14.5. The molecule has 0 aliphatic carbocycles. The van der Waals surface area contributed by atoms with Crippen LogP contribution in [-0.4, -0.2) is 31.4 Å². The topological polar surface area (TPSA) is 38.3 Å². The van der Waals surface area contributed by atoms with Crippen LogP contribution in [0.2, 0.25) is 10.0 Å². The quantitative estimate of drug-likeness (QED) is 0.641. The second kappa shape index (κ2) is 7.39. The number of nitrogens with one attached hydrogen (secondary N) is 1. The molecule has 1 N–H and O–H groups in total. The third-order valence-electron chi connectivity index (χ3n) is 2.94. The van der Waals surface area contributed by atoms with Gasteiger partial charge in [-0.05, 0) is 38.6 Å². The first-order valence-electron chi connectivity index (χ1n) is 5.78. The Morgan fingerprint density at radius 2 is 2.16 bits per heavy atom. The number of likely N-dealkylation sites (N-methyl/N-ethyl adjacent to an activating group) is 1. The molecular weight excluding hydrogens is 305 g/mol. The van der Waals surface area contributed by atoms with E-state index in [2.05, 4.69) is 5.32 Å². The van der Waals surface area contributed by atoms with Crippen molar-refractivity contribution >= 4 is 40.9 Å². The Balaban J connectivity index is 2.62. The van der Waals surface area contributed by atoms with Crippen molar-refractivity contribution in [3.05, 3.63) is 28.2 Å². The summed E-state index contributed by atoms with van der Waals surface area (Å²) in [6, 6.07) is 5.34. The molecule has 106 valence electrons. The highest BCUT2D eigenvalue weighted by atomic mass is 35.5. The molecule has 0 spiro atoms. The number of carbonyl (C=O) groups excluding carboxylic acids is 1. The molecule has 6 heteroatoms. The lowest BCUT2D eigenvalue weighted by molar-refractivity contribution is -0.147. The van der Waals surface area contributed by atoms with E-state index < -0.39 is 5.54 Å². The van der Waals surface area contributed by atoms with E-state index in [1.54, 1.807) is 30.9 Å². The minimum atomic E-state index is -0.688. The van der Waals surface area contributed by atoms with Gasteiger partial charge in [0, 0.05) is 15.7 Å². The van der Waals surface area contributed by atoms with Crippen LogP contribution < -0.4 is 5.32 Å². The lowest BCUT2D eigenvalue weighted by Gasteiger charge is -2.25. The summed E-state index contributed by atoms with van der Waals surface area (Å²) in [5, 5.41) is 4.31. The molecule has 0 aliphatic rings. The van der Waals surface area contributed by atoms with Crippen molar-refractivity contribution in [1.82, 2.24) is 5.32 Å². The number of benzene rings is 1. The number of methoxy groups -OCH3 is 1. The molecule has 0 aliphatic heterocycles. The van der Waals surface area contributed by atoms with Crippen molar-refractivity contribution in [2.45, 2.75) is 23.8 Å². The number of hydrogen-bond acceptors (Lipinski definition) is 4. The van der Waals surface area contributed by atoms with E-state index in [0.29, 0.717) is 16.5 Å². The molecule has 0 radical (unpaired) electrons. The van der Waals surface area contributed by atoms with Crippen LogP contribution in [0.5, 0.6) is 0 Å². The van der Waals surface area contributed by atoms with Crippen molar-refractivity contribution in [3.8, 4) is 0 Å². The van der Waals surface area contributed by atoms with E-state index in [-0.39, 0.29) is 5.97 Å². The Hall–Kier alpha value is -0.420. The Morgan fingerprint density at radius 3 is 2.74 bits per heavy atom. The van der Waals surface area contributed by atoms with Crippen molar-refractivity contribution in [3.63, 3.8) is 0 Å². The molecule has 0 saturated carbocycles. The van der Waals surface area contributed by atoms with Gasteiger partial charge in [0.1, 0.15) is 5.54 Å². The average molecular weight is 322 g/mol. The lowest BCUT2D eigenvalue weighted by atomic mass is 10.00. The highest BCUT2D eigenvalue weighted by Gasteiger charge is 2.31. The van der Waals surface area contributed by atoms with Gasteiger partial charge in [0.25, 0.3) is 0 Å². The summed E-state index contributed by atoms with van der Waals surface area (Å²) in [5.41, 5.74) is -0.688. The van der Waals surface area contributed by atoms with Crippen molar-refractivity contribution in [1.29, 1.82) is 0 Å².